The number of carbonyl (C=O) groups excluding carboxylic acids is 1. The van der Waals surface area contributed by atoms with Gasteiger partial charge in [0.25, 0.3) is 5.91 Å². The molecule has 2 aliphatic heterocycles. The summed E-state index contributed by atoms with van der Waals surface area (Å²) in [7, 11) is -3.62. The molecular formula is C13H16BrN3O4S. The molecule has 22 heavy (non-hydrogen) atoms. The van der Waals surface area contributed by atoms with Crippen LogP contribution in [0, 0.1) is 0 Å². The molecule has 1 saturated heterocycles. The van der Waals surface area contributed by atoms with Gasteiger partial charge in [0.05, 0.1) is 5.69 Å². The maximum absolute atomic E-state index is 12.8. The summed E-state index contributed by atoms with van der Waals surface area (Å²) < 4.78 is 32.8. The minimum atomic E-state index is -3.62. The maximum Gasteiger partial charge on any atom is 0.262 e. The number of rotatable bonds is 2. The molecule has 1 atom stereocenters. The largest absolute Gasteiger partial charge is 0.482 e. The van der Waals surface area contributed by atoms with Crippen molar-refractivity contribution in [1.29, 1.82) is 0 Å². The Labute approximate surface area is 137 Å². The molecule has 0 bridgehead atoms. The van der Waals surface area contributed by atoms with Gasteiger partial charge in [-0.05, 0) is 28.9 Å². The number of hydrogen-bond donors (Lipinski definition) is 2. The van der Waals surface area contributed by atoms with Crippen LogP contribution < -0.4 is 15.4 Å². The first-order valence-electron chi connectivity index (χ1n) is 6.87. The quantitative estimate of drug-likeness (QED) is 0.779. The van der Waals surface area contributed by atoms with E-state index >= 15 is 0 Å². The Morgan fingerprint density at radius 3 is 2.91 bits per heavy atom. The summed E-state index contributed by atoms with van der Waals surface area (Å²) in [6.07, 6.45) is 0. The molecule has 0 saturated carbocycles. The summed E-state index contributed by atoms with van der Waals surface area (Å²) in [5.74, 6) is 0.107. The molecular weight excluding hydrogens is 374 g/mol. The number of hydrogen-bond acceptors (Lipinski definition) is 5. The lowest BCUT2D eigenvalue weighted by Crippen LogP contribution is -2.51. The van der Waals surface area contributed by atoms with Crippen LogP contribution in [0.4, 0.5) is 5.69 Å². The van der Waals surface area contributed by atoms with E-state index in [1.165, 1.54) is 10.4 Å². The lowest BCUT2D eigenvalue weighted by molar-refractivity contribution is -0.118. The van der Waals surface area contributed by atoms with Crippen molar-refractivity contribution in [3.63, 3.8) is 0 Å². The van der Waals surface area contributed by atoms with Crippen molar-refractivity contribution in [1.82, 2.24) is 9.62 Å². The average Bonchev–Trinajstić information content (AvgIpc) is 2.46. The topological polar surface area (TPSA) is 87.7 Å². The van der Waals surface area contributed by atoms with E-state index in [0.29, 0.717) is 35.5 Å². The van der Waals surface area contributed by atoms with Crippen LogP contribution >= 0.6 is 15.9 Å². The summed E-state index contributed by atoms with van der Waals surface area (Å²) in [5.41, 5.74) is 0.468. The third-order valence-corrected chi connectivity index (χ3v) is 6.44. The molecule has 2 N–H and O–H groups in total. The normalized spacial score (nSPS) is 22.6. The Morgan fingerprint density at radius 1 is 1.41 bits per heavy atom. The van der Waals surface area contributed by atoms with E-state index in [1.54, 1.807) is 6.07 Å². The standard InChI is InChI=1S/C13H16BrN3O4S/c1-8-6-17(3-2-15-8)22(19,20)12-5-11-10(4-9(12)14)16-13(18)7-21-11/h4-5,8,15H,2-3,6-7H2,1H3,(H,16,18). The van der Waals surface area contributed by atoms with Crippen molar-refractivity contribution < 1.29 is 17.9 Å². The number of sulfonamides is 1. The predicted molar refractivity (Wildman–Crippen MR) is 84.5 cm³/mol. The molecule has 0 radical (unpaired) electrons. The first-order valence-corrected chi connectivity index (χ1v) is 9.11. The number of carbonyl (C=O) groups is 1. The third kappa shape index (κ3) is 2.85. The van der Waals surface area contributed by atoms with Crippen LogP contribution in [0.15, 0.2) is 21.5 Å². The van der Waals surface area contributed by atoms with E-state index in [-0.39, 0.29) is 23.5 Å². The average molecular weight is 390 g/mol. The molecule has 1 amide bonds. The molecule has 1 fully saturated rings. The highest BCUT2D eigenvalue weighted by Crippen LogP contribution is 2.37. The number of ether oxygens (including phenoxy) is 1. The molecule has 3 rings (SSSR count). The number of nitrogens with zero attached hydrogens (tertiary/aromatic N) is 1. The van der Waals surface area contributed by atoms with E-state index in [1.807, 2.05) is 6.92 Å². The number of benzene rings is 1. The highest BCUT2D eigenvalue weighted by atomic mass is 79.9. The number of fused-ring (bicyclic) bond motifs is 1. The number of halogens is 1. The zero-order valence-corrected chi connectivity index (χ0v) is 14.3. The van der Waals surface area contributed by atoms with E-state index < -0.39 is 10.0 Å². The summed E-state index contributed by atoms with van der Waals surface area (Å²) in [6, 6.07) is 3.13. The molecule has 7 nitrogen and oxygen atoms in total. The van der Waals surface area contributed by atoms with E-state index in [2.05, 4.69) is 26.6 Å². The van der Waals surface area contributed by atoms with Gasteiger partial charge in [-0.2, -0.15) is 4.31 Å². The van der Waals surface area contributed by atoms with Crippen LogP contribution in [-0.2, 0) is 14.8 Å². The smallest absolute Gasteiger partial charge is 0.262 e. The van der Waals surface area contributed by atoms with Gasteiger partial charge in [0, 0.05) is 36.2 Å². The molecule has 0 spiro atoms. The van der Waals surface area contributed by atoms with Gasteiger partial charge in [-0.3, -0.25) is 4.79 Å². The summed E-state index contributed by atoms with van der Waals surface area (Å²) in [5, 5.41) is 5.87. The van der Waals surface area contributed by atoms with Crippen molar-refractivity contribution in [2.75, 3.05) is 31.6 Å². The second-order valence-electron chi connectivity index (χ2n) is 5.33. The fourth-order valence-electron chi connectivity index (χ4n) is 2.53. The van der Waals surface area contributed by atoms with Gasteiger partial charge < -0.3 is 15.4 Å². The van der Waals surface area contributed by atoms with Gasteiger partial charge in [0.1, 0.15) is 10.6 Å². The van der Waals surface area contributed by atoms with Crippen LogP contribution in [0.1, 0.15) is 6.92 Å². The fourth-order valence-corrected chi connectivity index (χ4v) is 5.08. The Hall–Kier alpha value is -1.16. The fraction of sp³-hybridized carbons (Fsp3) is 0.462. The van der Waals surface area contributed by atoms with Crippen molar-refractivity contribution in [2.45, 2.75) is 17.9 Å². The monoisotopic (exact) mass is 389 g/mol. The molecule has 1 unspecified atom stereocenters. The minimum absolute atomic E-state index is 0.107. The highest BCUT2D eigenvalue weighted by molar-refractivity contribution is 9.10. The van der Waals surface area contributed by atoms with Crippen molar-refractivity contribution in [3.8, 4) is 5.75 Å². The molecule has 120 valence electrons. The zero-order chi connectivity index (χ0) is 15.9. The second-order valence-corrected chi connectivity index (χ2v) is 8.09. The van der Waals surface area contributed by atoms with E-state index in [4.69, 9.17) is 4.74 Å². The van der Waals surface area contributed by atoms with Crippen molar-refractivity contribution >= 4 is 37.5 Å². The van der Waals surface area contributed by atoms with Gasteiger partial charge in [0.2, 0.25) is 10.0 Å². The first kappa shape index (κ1) is 15.7. The molecule has 9 heteroatoms. The second kappa shape index (κ2) is 5.80. The Bertz CT molecular complexity index is 722. The van der Waals surface area contributed by atoms with Crippen LogP contribution in [0.5, 0.6) is 5.75 Å². The molecule has 0 aliphatic carbocycles. The Kier molecular flexibility index (Phi) is 4.15. The van der Waals surface area contributed by atoms with Gasteiger partial charge in [-0.25, -0.2) is 8.42 Å². The molecule has 1 aromatic rings. The number of nitrogens with one attached hydrogen (secondary N) is 2. The van der Waals surface area contributed by atoms with Gasteiger partial charge in [0.15, 0.2) is 6.61 Å². The zero-order valence-electron chi connectivity index (χ0n) is 11.9. The van der Waals surface area contributed by atoms with Crippen LogP contribution in [0.2, 0.25) is 0 Å². The van der Waals surface area contributed by atoms with Crippen molar-refractivity contribution in [3.05, 3.63) is 16.6 Å². The first-order chi connectivity index (χ1) is 10.4. The number of piperazine rings is 1. The minimum Gasteiger partial charge on any atom is -0.482 e. The number of amides is 1. The maximum atomic E-state index is 12.8. The lowest BCUT2D eigenvalue weighted by atomic mass is 10.2. The molecule has 0 aromatic heterocycles. The Balaban J connectivity index is 1.98. The predicted octanol–water partition coefficient (Wildman–Crippen LogP) is 0.762. The summed E-state index contributed by atoms with van der Waals surface area (Å²) in [6.45, 7) is 3.30. The molecule has 2 aliphatic rings. The van der Waals surface area contributed by atoms with Crippen molar-refractivity contribution in [2.24, 2.45) is 0 Å². The van der Waals surface area contributed by atoms with E-state index in [0.717, 1.165) is 0 Å². The van der Waals surface area contributed by atoms with Crippen LogP contribution in [0.3, 0.4) is 0 Å². The molecule has 1 aromatic carbocycles. The van der Waals surface area contributed by atoms with Gasteiger partial charge >= 0.3 is 0 Å². The summed E-state index contributed by atoms with van der Waals surface area (Å²) in [4.78, 5) is 11.5. The third-order valence-electron chi connectivity index (χ3n) is 3.62. The summed E-state index contributed by atoms with van der Waals surface area (Å²) >= 11 is 3.28. The van der Waals surface area contributed by atoms with Crippen LogP contribution in [-0.4, -0.2) is 50.9 Å². The van der Waals surface area contributed by atoms with Gasteiger partial charge in [-0.1, -0.05) is 0 Å². The lowest BCUT2D eigenvalue weighted by Gasteiger charge is -2.31. The Morgan fingerprint density at radius 2 is 2.18 bits per heavy atom. The van der Waals surface area contributed by atoms with E-state index in [9.17, 15) is 13.2 Å². The van der Waals surface area contributed by atoms with Crippen LogP contribution in [0.25, 0.3) is 0 Å². The highest BCUT2D eigenvalue weighted by Gasteiger charge is 2.31. The number of anilines is 1. The SMILES string of the molecule is CC1CN(S(=O)(=O)c2cc3c(cc2Br)NC(=O)CO3)CCN1. The van der Waals surface area contributed by atoms with Gasteiger partial charge in [-0.15, -0.1) is 0 Å². The molecule has 2 heterocycles.